The molecule has 1 aliphatic heterocycles. The second-order valence-electron chi connectivity index (χ2n) is 4.37. The normalized spacial score (nSPS) is 22.5. The van der Waals surface area contributed by atoms with Crippen LogP contribution in [0.3, 0.4) is 0 Å². The molecule has 19 heavy (non-hydrogen) atoms. The van der Waals surface area contributed by atoms with Gasteiger partial charge in [0.15, 0.2) is 6.29 Å². The van der Waals surface area contributed by atoms with Gasteiger partial charge in [-0.1, -0.05) is 18.2 Å². The van der Waals surface area contributed by atoms with Crippen molar-refractivity contribution in [2.24, 2.45) is 16.6 Å². The maximum absolute atomic E-state index is 13.3. The second-order valence-corrected chi connectivity index (χ2v) is 4.37. The first-order chi connectivity index (χ1) is 9.13. The Kier molecular flexibility index (Phi) is 4.06. The first-order valence-corrected chi connectivity index (χ1v) is 5.93. The molecule has 1 aromatic rings. The molecular formula is C14H15FN2O2. The zero-order valence-corrected chi connectivity index (χ0v) is 10.5. The summed E-state index contributed by atoms with van der Waals surface area (Å²) in [6, 6.07) is 7.51. The van der Waals surface area contributed by atoms with Crippen LogP contribution in [0.1, 0.15) is 5.56 Å². The minimum Gasteiger partial charge on any atom is -0.497 e. The third kappa shape index (κ3) is 3.06. The molecule has 1 aliphatic rings. The molecule has 2 N–H and O–H groups in total. The van der Waals surface area contributed by atoms with Crippen LogP contribution < -0.4 is 10.5 Å². The lowest BCUT2D eigenvalue weighted by Gasteiger charge is -2.21. The zero-order valence-electron chi connectivity index (χ0n) is 10.5. The molecule has 0 bridgehead atoms. The highest BCUT2D eigenvalue weighted by molar-refractivity contribution is 6.10. The van der Waals surface area contributed by atoms with E-state index in [-0.39, 0.29) is 11.5 Å². The first-order valence-electron chi connectivity index (χ1n) is 5.93. The van der Waals surface area contributed by atoms with Gasteiger partial charge in [0, 0.05) is 5.92 Å². The third-order valence-corrected chi connectivity index (χ3v) is 3.09. The Morgan fingerprint density at radius 2 is 2.11 bits per heavy atom. The van der Waals surface area contributed by atoms with Crippen LogP contribution in [-0.2, 0) is 11.2 Å². The highest BCUT2D eigenvalue weighted by atomic mass is 19.1. The summed E-state index contributed by atoms with van der Waals surface area (Å²) >= 11 is 0. The third-order valence-electron chi connectivity index (χ3n) is 3.09. The number of carbonyl (C=O) groups is 1. The molecule has 0 radical (unpaired) electrons. The standard InChI is InChI=1S/C14H15FN2O2/c1-19-12-4-2-9(3-5-12)6-10-7-11(8-18)13(15)17-14(10)16/h2-5,7-8,10,14H,6,16H2,1H3. The predicted octanol–water partition coefficient (Wildman–Crippen LogP) is 1.65. The lowest BCUT2D eigenvalue weighted by Crippen LogP contribution is -2.33. The summed E-state index contributed by atoms with van der Waals surface area (Å²) in [5.41, 5.74) is 6.78. The minimum atomic E-state index is -0.784. The second kappa shape index (κ2) is 5.75. The molecule has 100 valence electrons. The number of hydrogen-bond acceptors (Lipinski definition) is 4. The van der Waals surface area contributed by atoms with Crippen molar-refractivity contribution in [1.82, 2.24) is 0 Å². The predicted molar refractivity (Wildman–Crippen MR) is 70.9 cm³/mol. The van der Waals surface area contributed by atoms with Crippen LogP contribution in [0.15, 0.2) is 40.9 Å². The van der Waals surface area contributed by atoms with Gasteiger partial charge in [0.25, 0.3) is 0 Å². The number of aldehydes is 1. The fraction of sp³-hybridized carbons (Fsp3) is 0.286. The molecule has 0 aromatic heterocycles. The molecule has 0 spiro atoms. The summed E-state index contributed by atoms with van der Waals surface area (Å²) in [4.78, 5) is 14.4. The topological polar surface area (TPSA) is 64.7 Å². The summed E-state index contributed by atoms with van der Waals surface area (Å²) in [5, 5.41) is 0. The zero-order chi connectivity index (χ0) is 13.8. The Balaban J connectivity index is 2.14. The number of dihydropyridines is 1. The smallest absolute Gasteiger partial charge is 0.220 e. The Hall–Kier alpha value is -2.01. The lowest BCUT2D eigenvalue weighted by atomic mass is 9.93. The fourth-order valence-electron chi connectivity index (χ4n) is 2.00. The molecule has 2 unspecified atom stereocenters. The van der Waals surface area contributed by atoms with Gasteiger partial charge < -0.3 is 10.5 Å². The van der Waals surface area contributed by atoms with E-state index in [1.807, 2.05) is 24.3 Å². The highest BCUT2D eigenvalue weighted by Gasteiger charge is 2.23. The molecule has 0 fully saturated rings. The van der Waals surface area contributed by atoms with Gasteiger partial charge in [-0.25, -0.2) is 4.99 Å². The Bertz CT molecular complexity index is 523. The quantitative estimate of drug-likeness (QED) is 0.839. The molecule has 4 nitrogen and oxygen atoms in total. The maximum Gasteiger partial charge on any atom is 0.220 e. The van der Waals surface area contributed by atoms with Crippen molar-refractivity contribution < 1.29 is 13.9 Å². The number of hydrogen-bond donors (Lipinski definition) is 1. The van der Waals surface area contributed by atoms with Gasteiger partial charge in [-0.05, 0) is 24.1 Å². The Labute approximate surface area is 110 Å². The van der Waals surface area contributed by atoms with Gasteiger partial charge in [-0.2, -0.15) is 4.39 Å². The number of halogens is 1. The van der Waals surface area contributed by atoms with E-state index in [0.717, 1.165) is 11.3 Å². The SMILES string of the molecule is COc1ccc(CC2C=C(C=O)C(F)=NC2N)cc1. The van der Waals surface area contributed by atoms with Crippen LogP contribution in [-0.4, -0.2) is 25.5 Å². The average molecular weight is 262 g/mol. The molecular weight excluding hydrogens is 247 g/mol. The summed E-state index contributed by atoms with van der Waals surface area (Å²) in [5.74, 6) is -0.202. The first kappa shape index (κ1) is 13.4. The number of rotatable bonds is 4. The van der Waals surface area contributed by atoms with E-state index in [1.165, 1.54) is 0 Å². The van der Waals surface area contributed by atoms with E-state index in [0.29, 0.717) is 12.7 Å². The van der Waals surface area contributed by atoms with Crippen LogP contribution >= 0.6 is 0 Å². The van der Waals surface area contributed by atoms with Crippen molar-refractivity contribution in [3.63, 3.8) is 0 Å². The van der Waals surface area contributed by atoms with Crippen molar-refractivity contribution in [3.05, 3.63) is 41.5 Å². The summed E-state index contributed by atoms with van der Waals surface area (Å²) < 4.78 is 18.3. The lowest BCUT2D eigenvalue weighted by molar-refractivity contribution is -0.104. The van der Waals surface area contributed by atoms with E-state index in [1.54, 1.807) is 13.2 Å². The van der Waals surface area contributed by atoms with Crippen LogP contribution in [0, 0.1) is 5.92 Å². The molecule has 0 amide bonds. The number of nitrogens with zero attached hydrogens (tertiary/aromatic N) is 1. The van der Waals surface area contributed by atoms with Gasteiger partial charge in [0.1, 0.15) is 11.9 Å². The monoisotopic (exact) mass is 262 g/mol. The molecule has 2 atom stereocenters. The van der Waals surface area contributed by atoms with Gasteiger partial charge in [0.2, 0.25) is 5.97 Å². The largest absolute Gasteiger partial charge is 0.497 e. The van der Waals surface area contributed by atoms with Crippen molar-refractivity contribution in [3.8, 4) is 5.75 Å². The van der Waals surface area contributed by atoms with Gasteiger partial charge in [0.05, 0.1) is 12.7 Å². The Morgan fingerprint density at radius 1 is 1.42 bits per heavy atom. The number of nitrogens with two attached hydrogens (primary N) is 1. The summed E-state index contributed by atoms with van der Waals surface area (Å²) in [7, 11) is 1.60. The molecule has 0 saturated heterocycles. The van der Waals surface area contributed by atoms with E-state index in [2.05, 4.69) is 4.99 Å². The van der Waals surface area contributed by atoms with Crippen molar-refractivity contribution in [1.29, 1.82) is 0 Å². The van der Waals surface area contributed by atoms with Crippen LogP contribution in [0.2, 0.25) is 0 Å². The van der Waals surface area contributed by atoms with Crippen molar-refractivity contribution in [2.75, 3.05) is 7.11 Å². The van der Waals surface area contributed by atoms with Crippen molar-refractivity contribution >= 4 is 12.3 Å². The van der Waals surface area contributed by atoms with Gasteiger partial charge in [-0.15, -0.1) is 0 Å². The molecule has 1 heterocycles. The molecule has 0 saturated carbocycles. The molecule has 1 aromatic carbocycles. The number of benzene rings is 1. The van der Waals surface area contributed by atoms with E-state index >= 15 is 0 Å². The number of aliphatic imine (C=N–C) groups is 1. The average Bonchev–Trinajstić information content (AvgIpc) is 2.42. The van der Waals surface area contributed by atoms with Crippen LogP contribution in [0.4, 0.5) is 4.39 Å². The maximum atomic E-state index is 13.3. The molecule has 5 heteroatoms. The van der Waals surface area contributed by atoms with E-state index < -0.39 is 12.1 Å². The van der Waals surface area contributed by atoms with Gasteiger partial charge >= 0.3 is 0 Å². The highest BCUT2D eigenvalue weighted by Crippen LogP contribution is 2.22. The van der Waals surface area contributed by atoms with Gasteiger partial charge in [-0.3, -0.25) is 4.79 Å². The fourth-order valence-corrected chi connectivity index (χ4v) is 2.00. The molecule has 0 aliphatic carbocycles. The number of allylic oxidation sites excluding steroid dienone is 1. The molecule has 2 rings (SSSR count). The van der Waals surface area contributed by atoms with E-state index in [9.17, 15) is 9.18 Å². The van der Waals surface area contributed by atoms with Crippen LogP contribution in [0.5, 0.6) is 5.75 Å². The Morgan fingerprint density at radius 3 is 2.68 bits per heavy atom. The summed E-state index contributed by atoms with van der Waals surface area (Å²) in [6.07, 6.45) is 1.95. The minimum absolute atomic E-state index is 0.0276. The van der Waals surface area contributed by atoms with Crippen LogP contribution in [0.25, 0.3) is 0 Å². The summed E-state index contributed by atoms with van der Waals surface area (Å²) in [6.45, 7) is 0. The number of carbonyl (C=O) groups excluding carboxylic acids is 1. The number of methoxy groups -OCH3 is 1. The van der Waals surface area contributed by atoms with Crippen molar-refractivity contribution in [2.45, 2.75) is 12.6 Å². The van der Waals surface area contributed by atoms with E-state index in [4.69, 9.17) is 10.5 Å². The number of ether oxygens (including phenoxy) is 1.